The fraction of sp³-hybridized carbons (Fsp3) is 0.150. The van der Waals surface area contributed by atoms with Crippen molar-refractivity contribution in [3.63, 3.8) is 0 Å². The van der Waals surface area contributed by atoms with Gasteiger partial charge in [-0.25, -0.2) is 4.52 Å². The Morgan fingerprint density at radius 2 is 2.00 bits per heavy atom. The van der Waals surface area contributed by atoms with Gasteiger partial charge in [0.15, 0.2) is 0 Å². The van der Waals surface area contributed by atoms with Crippen molar-refractivity contribution < 1.29 is 9.15 Å². The molecule has 5 nitrogen and oxygen atoms in total. The molecule has 126 valence electrons. The van der Waals surface area contributed by atoms with E-state index < -0.39 is 0 Å². The fourth-order valence-electron chi connectivity index (χ4n) is 3.06. The van der Waals surface area contributed by atoms with Crippen LogP contribution in [-0.4, -0.2) is 16.7 Å². The summed E-state index contributed by atoms with van der Waals surface area (Å²) in [5, 5.41) is 7.97. The normalized spacial score (nSPS) is 12.4. The number of hydrogen-bond donors (Lipinski definition) is 1. The van der Waals surface area contributed by atoms with Crippen LogP contribution in [-0.2, 0) is 6.54 Å². The molecule has 0 spiro atoms. The van der Waals surface area contributed by atoms with Gasteiger partial charge in [-0.2, -0.15) is 5.10 Å². The summed E-state index contributed by atoms with van der Waals surface area (Å²) in [4.78, 5) is 0. The molecule has 0 amide bonds. The first-order chi connectivity index (χ1) is 12.4. The molecule has 0 aliphatic heterocycles. The molecule has 0 fully saturated rings. The zero-order chi connectivity index (χ0) is 17.1. The molecule has 1 aromatic carbocycles. The van der Waals surface area contributed by atoms with Gasteiger partial charge in [0.05, 0.1) is 31.1 Å². The lowest BCUT2D eigenvalue weighted by molar-refractivity contribution is 0.392. The Morgan fingerprint density at radius 1 is 1.12 bits per heavy atom. The number of aromatic nitrogens is 2. The van der Waals surface area contributed by atoms with Crippen LogP contribution >= 0.6 is 0 Å². The van der Waals surface area contributed by atoms with E-state index in [2.05, 4.69) is 22.5 Å². The molecule has 1 atom stereocenters. The van der Waals surface area contributed by atoms with Gasteiger partial charge in [-0.15, -0.1) is 0 Å². The standard InChI is InChI=1S/C20H19N3O2/c1-24-18-9-3-2-7-16(18)20(19-10-6-12-25-19)21-13-15-14-22-23-11-5-4-8-17(15)23/h2-12,14,20-21H,13H2,1H3/t20-/m1/s1. The van der Waals surface area contributed by atoms with Gasteiger partial charge in [0.1, 0.15) is 11.5 Å². The number of pyridine rings is 1. The van der Waals surface area contributed by atoms with Crippen molar-refractivity contribution in [3.05, 3.63) is 90.1 Å². The topological polar surface area (TPSA) is 51.7 Å². The van der Waals surface area contributed by atoms with Crippen LogP contribution in [0.3, 0.4) is 0 Å². The van der Waals surface area contributed by atoms with Gasteiger partial charge in [0.2, 0.25) is 0 Å². The van der Waals surface area contributed by atoms with E-state index in [0.29, 0.717) is 6.54 Å². The Labute approximate surface area is 145 Å². The molecule has 0 bridgehead atoms. The molecule has 5 heteroatoms. The summed E-state index contributed by atoms with van der Waals surface area (Å²) in [6.45, 7) is 0.664. The lowest BCUT2D eigenvalue weighted by Crippen LogP contribution is -2.22. The lowest BCUT2D eigenvalue weighted by atomic mass is 10.0. The van der Waals surface area contributed by atoms with E-state index in [1.54, 1.807) is 13.4 Å². The van der Waals surface area contributed by atoms with E-state index in [-0.39, 0.29) is 6.04 Å². The Morgan fingerprint density at radius 3 is 2.84 bits per heavy atom. The van der Waals surface area contributed by atoms with Gasteiger partial charge in [0.25, 0.3) is 0 Å². The SMILES string of the molecule is COc1ccccc1[C@@H](NCc1cnn2ccccc12)c1ccco1. The van der Waals surface area contributed by atoms with Crippen molar-refractivity contribution >= 4 is 5.52 Å². The number of furan rings is 1. The van der Waals surface area contributed by atoms with Crippen LogP contribution < -0.4 is 10.1 Å². The molecule has 4 aromatic rings. The second-order valence-corrected chi connectivity index (χ2v) is 5.77. The summed E-state index contributed by atoms with van der Waals surface area (Å²) in [6, 6.07) is 17.8. The quantitative estimate of drug-likeness (QED) is 0.583. The van der Waals surface area contributed by atoms with Gasteiger partial charge in [0, 0.05) is 23.9 Å². The summed E-state index contributed by atoms with van der Waals surface area (Å²) in [5.74, 6) is 1.68. The third-order valence-corrected chi connectivity index (χ3v) is 4.28. The van der Waals surface area contributed by atoms with Crippen molar-refractivity contribution in [2.45, 2.75) is 12.6 Å². The zero-order valence-corrected chi connectivity index (χ0v) is 13.9. The van der Waals surface area contributed by atoms with Crippen molar-refractivity contribution in [2.75, 3.05) is 7.11 Å². The van der Waals surface area contributed by atoms with E-state index >= 15 is 0 Å². The van der Waals surface area contributed by atoms with Crippen molar-refractivity contribution in [3.8, 4) is 5.75 Å². The molecular formula is C20H19N3O2. The van der Waals surface area contributed by atoms with Gasteiger partial charge in [-0.3, -0.25) is 5.32 Å². The van der Waals surface area contributed by atoms with Crippen LogP contribution in [0.4, 0.5) is 0 Å². The minimum atomic E-state index is -0.107. The fourth-order valence-corrected chi connectivity index (χ4v) is 3.06. The van der Waals surface area contributed by atoms with E-state index in [4.69, 9.17) is 9.15 Å². The third kappa shape index (κ3) is 3.02. The minimum Gasteiger partial charge on any atom is -0.496 e. The Kier molecular flexibility index (Phi) is 4.23. The molecule has 0 aliphatic rings. The van der Waals surface area contributed by atoms with Gasteiger partial charge < -0.3 is 9.15 Å². The number of rotatable bonds is 6. The Balaban J connectivity index is 1.65. The molecule has 1 N–H and O–H groups in total. The van der Waals surface area contributed by atoms with Crippen LogP contribution in [0, 0.1) is 0 Å². The summed E-state index contributed by atoms with van der Waals surface area (Å²) in [5.41, 5.74) is 3.26. The number of ether oxygens (including phenoxy) is 1. The second-order valence-electron chi connectivity index (χ2n) is 5.77. The first-order valence-electron chi connectivity index (χ1n) is 8.18. The Hall–Kier alpha value is -3.05. The number of methoxy groups -OCH3 is 1. The summed E-state index contributed by atoms with van der Waals surface area (Å²) in [6.07, 6.45) is 5.53. The molecule has 4 rings (SSSR count). The van der Waals surface area contributed by atoms with E-state index in [1.807, 2.05) is 59.4 Å². The molecule has 0 radical (unpaired) electrons. The van der Waals surface area contributed by atoms with E-state index in [1.165, 1.54) is 0 Å². The van der Waals surface area contributed by atoms with Crippen LogP contribution in [0.15, 0.2) is 77.7 Å². The van der Waals surface area contributed by atoms with Gasteiger partial charge >= 0.3 is 0 Å². The van der Waals surface area contributed by atoms with Gasteiger partial charge in [-0.05, 0) is 30.3 Å². The highest BCUT2D eigenvalue weighted by Crippen LogP contribution is 2.30. The first-order valence-corrected chi connectivity index (χ1v) is 8.18. The number of fused-ring (bicyclic) bond motifs is 1. The molecule has 0 saturated heterocycles. The lowest BCUT2D eigenvalue weighted by Gasteiger charge is -2.19. The predicted molar refractivity (Wildman–Crippen MR) is 95.6 cm³/mol. The summed E-state index contributed by atoms with van der Waals surface area (Å²) in [7, 11) is 1.68. The van der Waals surface area contributed by atoms with Gasteiger partial charge in [-0.1, -0.05) is 24.3 Å². The number of nitrogens with one attached hydrogen (secondary N) is 1. The molecule has 0 aliphatic carbocycles. The highest BCUT2D eigenvalue weighted by Gasteiger charge is 2.20. The first kappa shape index (κ1) is 15.5. The Bertz CT molecular complexity index is 960. The summed E-state index contributed by atoms with van der Waals surface area (Å²) < 4.78 is 13.1. The zero-order valence-electron chi connectivity index (χ0n) is 13.9. The maximum Gasteiger partial charge on any atom is 0.125 e. The number of benzene rings is 1. The maximum atomic E-state index is 5.67. The van der Waals surface area contributed by atoms with Crippen molar-refractivity contribution in [1.29, 1.82) is 0 Å². The largest absolute Gasteiger partial charge is 0.496 e. The molecule has 25 heavy (non-hydrogen) atoms. The average Bonchev–Trinajstić information content (AvgIpc) is 3.33. The van der Waals surface area contributed by atoms with E-state index in [0.717, 1.165) is 28.2 Å². The number of nitrogens with zero attached hydrogens (tertiary/aromatic N) is 2. The average molecular weight is 333 g/mol. The third-order valence-electron chi connectivity index (χ3n) is 4.28. The number of para-hydroxylation sites is 1. The molecule has 0 unspecified atom stereocenters. The highest BCUT2D eigenvalue weighted by atomic mass is 16.5. The van der Waals surface area contributed by atoms with Crippen LogP contribution in [0.1, 0.15) is 22.9 Å². The monoisotopic (exact) mass is 333 g/mol. The second kappa shape index (κ2) is 6.83. The minimum absolute atomic E-state index is 0.107. The van der Waals surface area contributed by atoms with Crippen molar-refractivity contribution in [2.24, 2.45) is 0 Å². The molecule has 0 saturated carbocycles. The summed E-state index contributed by atoms with van der Waals surface area (Å²) >= 11 is 0. The smallest absolute Gasteiger partial charge is 0.125 e. The van der Waals surface area contributed by atoms with Crippen LogP contribution in [0.2, 0.25) is 0 Å². The van der Waals surface area contributed by atoms with Crippen LogP contribution in [0.5, 0.6) is 5.75 Å². The highest BCUT2D eigenvalue weighted by molar-refractivity contribution is 5.53. The number of hydrogen-bond acceptors (Lipinski definition) is 4. The van der Waals surface area contributed by atoms with Crippen molar-refractivity contribution in [1.82, 2.24) is 14.9 Å². The van der Waals surface area contributed by atoms with Crippen LogP contribution in [0.25, 0.3) is 5.52 Å². The molecular weight excluding hydrogens is 314 g/mol. The predicted octanol–water partition coefficient (Wildman–Crippen LogP) is 3.82. The molecule has 3 heterocycles. The maximum absolute atomic E-state index is 5.67. The molecule has 3 aromatic heterocycles. The van der Waals surface area contributed by atoms with E-state index in [9.17, 15) is 0 Å².